The highest BCUT2D eigenvalue weighted by Gasteiger charge is 2.06. The van der Waals surface area contributed by atoms with E-state index >= 15 is 0 Å². The Morgan fingerprint density at radius 2 is 1.94 bits per heavy atom. The average molecular weight is 241 g/mol. The van der Waals surface area contributed by atoms with Crippen molar-refractivity contribution >= 4 is 5.97 Å². The molecule has 92 valence electrons. The van der Waals surface area contributed by atoms with Gasteiger partial charge in [0.1, 0.15) is 5.75 Å². The van der Waals surface area contributed by atoms with Gasteiger partial charge in [0.05, 0.1) is 12.6 Å². The van der Waals surface area contributed by atoms with E-state index in [1.54, 1.807) is 18.2 Å². The molecule has 0 N–H and O–H groups in total. The highest BCUT2D eigenvalue weighted by atomic mass is 16.5. The number of carboxylic acid groups (broad SMARTS) is 1. The zero-order valence-electron chi connectivity index (χ0n) is 10.1. The van der Waals surface area contributed by atoms with Crippen LogP contribution >= 0.6 is 0 Å². The molecule has 2 aromatic carbocycles. The number of hydrogen-bond donors (Lipinski definition) is 0. The maximum atomic E-state index is 11.1. The maximum Gasteiger partial charge on any atom is 0.119 e. The fourth-order valence-corrected chi connectivity index (χ4v) is 1.83. The summed E-state index contributed by atoms with van der Waals surface area (Å²) in [5, 5.41) is 11.1. The molecule has 0 spiro atoms. The summed E-state index contributed by atoms with van der Waals surface area (Å²) in [6.45, 7) is 2.48. The zero-order chi connectivity index (χ0) is 13.0. The van der Waals surface area contributed by atoms with Crippen molar-refractivity contribution < 1.29 is 14.6 Å². The Morgan fingerprint density at radius 3 is 2.67 bits per heavy atom. The van der Waals surface area contributed by atoms with Gasteiger partial charge in [0.25, 0.3) is 0 Å². The number of carbonyl (C=O) groups excluding carboxylic acids is 1. The second-order valence-electron chi connectivity index (χ2n) is 3.79. The fourth-order valence-electron chi connectivity index (χ4n) is 1.83. The zero-order valence-corrected chi connectivity index (χ0v) is 10.1. The molecule has 0 radical (unpaired) electrons. The second-order valence-corrected chi connectivity index (χ2v) is 3.79. The third-order valence-corrected chi connectivity index (χ3v) is 2.60. The topological polar surface area (TPSA) is 49.4 Å². The molecule has 0 unspecified atom stereocenters. The number of carboxylic acids is 1. The predicted octanol–water partition coefficient (Wildman–Crippen LogP) is 2.12. The average Bonchev–Trinajstić information content (AvgIpc) is 2.39. The number of aromatic carboxylic acids is 1. The summed E-state index contributed by atoms with van der Waals surface area (Å²) in [4.78, 5) is 11.1. The van der Waals surface area contributed by atoms with Crippen LogP contribution < -0.4 is 9.84 Å². The van der Waals surface area contributed by atoms with Gasteiger partial charge in [-0.25, -0.2) is 0 Å². The lowest BCUT2D eigenvalue weighted by Crippen LogP contribution is -2.22. The number of carbonyl (C=O) groups is 1. The van der Waals surface area contributed by atoms with E-state index in [9.17, 15) is 9.90 Å². The highest BCUT2D eigenvalue weighted by molar-refractivity contribution is 5.94. The second kappa shape index (κ2) is 5.36. The molecule has 0 saturated heterocycles. The molecule has 0 atom stereocenters. The van der Waals surface area contributed by atoms with Gasteiger partial charge >= 0.3 is 0 Å². The Kier molecular flexibility index (Phi) is 3.63. The molecular formula is C15H13O3-. The van der Waals surface area contributed by atoms with Gasteiger partial charge in [-0.3, -0.25) is 0 Å². The Morgan fingerprint density at radius 1 is 1.17 bits per heavy atom. The van der Waals surface area contributed by atoms with Gasteiger partial charge < -0.3 is 14.6 Å². The Hall–Kier alpha value is -2.29. The van der Waals surface area contributed by atoms with Gasteiger partial charge in [0.2, 0.25) is 0 Å². The maximum absolute atomic E-state index is 11.1. The molecule has 0 aliphatic heterocycles. The van der Waals surface area contributed by atoms with Gasteiger partial charge in [0.15, 0.2) is 0 Å². The number of ether oxygens (including phenoxy) is 1. The minimum Gasteiger partial charge on any atom is -0.545 e. The van der Waals surface area contributed by atoms with Crippen molar-refractivity contribution in [2.24, 2.45) is 0 Å². The molecule has 3 heteroatoms. The van der Waals surface area contributed by atoms with Crippen molar-refractivity contribution in [1.29, 1.82) is 0 Å². The normalized spacial score (nSPS) is 10.1. The van der Waals surface area contributed by atoms with Crippen LogP contribution in [0.3, 0.4) is 0 Å². The first kappa shape index (κ1) is 12.2. The van der Waals surface area contributed by atoms with Crippen LogP contribution in [0.25, 0.3) is 11.1 Å². The first-order chi connectivity index (χ1) is 8.72. The molecule has 0 amide bonds. The van der Waals surface area contributed by atoms with Crippen LogP contribution in [0.2, 0.25) is 0 Å². The summed E-state index contributed by atoms with van der Waals surface area (Å²) in [7, 11) is 0. The van der Waals surface area contributed by atoms with Crippen molar-refractivity contribution in [3.63, 3.8) is 0 Å². The van der Waals surface area contributed by atoms with E-state index in [0.717, 1.165) is 11.3 Å². The van der Waals surface area contributed by atoms with Crippen LogP contribution in [-0.2, 0) is 0 Å². The van der Waals surface area contributed by atoms with Crippen LogP contribution in [0.5, 0.6) is 5.75 Å². The fraction of sp³-hybridized carbons (Fsp3) is 0.133. The summed E-state index contributed by atoms with van der Waals surface area (Å²) in [5.74, 6) is -0.449. The summed E-state index contributed by atoms with van der Waals surface area (Å²) in [6, 6.07) is 14.1. The van der Waals surface area contributed by atoms with Crippen LogP contribution in [-0.4, -0.2) is 12.6 Å². The smallest absolute Gasteiger partial charge is 0.119 e. The van der Waals surface area contributed by atoms with Crippen LogP contribution in [0.15, 0.2) is 48.5 Å². The van der Waals surface area contributed by atoms with E-state index in [0.29, 0.717) is 12.2 Å². The van der Waals surface area contributed by atoms with Crippen molar-refractivity contribution in [2.75, 3.05) is 6.61 Å². The van der Waals surface area contributed by atoms with Gasteiger partial charge in [-0.1, -0.05) is 36.4 Å². The van der Waals surface area contributed by atoms with E-state index in [4.69, 9.17) is 4.74 Å². The Labute approximate surface area is 106 Å². The Balaban J connectivity index is 2.48. The van der Waals surface area contributed by atoms with E-state index in [1.807, 2.05) is 31.2 Å². The van der Waals surface area contributed by atoms with Crippen molar-refractivity contribution in [3.8, 4) is 16.9 Å². The predicted molar refractivity (Wildman–Crippen MR) is 67.4 cm³/mol. The van der Waals surface area contributed by atoms with Gasteiger partial charge in [-0.05, 0) is 30.2 Å². The standard InChI is InChI=1S/C15H14O3/c1-2-18-12-7-5-6-11(10-12)13-8-3-4-9-14(13)15(16)17/h3-10H,2H2,1H3,(H,16,17)/p-1. The van der Waals surface area contributed by atoms with E-state index in [1.165, 1.54) is 6.07 Å². The monoisotopic (exact) mass is 241 g/mol. The SMILES string of the molecule is CCOc1cccc(-c2ccccc2C(=O)[O-])c1. The third-order valence-electron chi connectivity index (χ3n) is 2.60. The van der Waals surface area contributed by atoms with Gasteiger partial charge in [-0.2, -0.15) is 0 Å². The number of rotatable bonds is 4. The molecule has 0 saturated carbocycles. The molecule has 2 aromatic rings. The van der Waals surface area contributed by atoms with E-state index < -0.39 is 5.97 Å². The van der Waals surface area contributed by atoms with Crippen molar-refractivity contribution in [3.05, 3.63) is 54.1 Å². The molecule has 3 nitrogen and oxygen atoms in total. The molecule has 0 aliphatic carbocycles. The van der Waals surface area contributed by atoms with Crippen LogP contribution in [0, 0.1) is 0 Å². The van der Waals surface area contributed by atoms with Crippen LogP contribution in [0.1, 0.15) is 17.3 Å². The minimum absolute atomic E-state index is 0.186. The molecule has 0 bridgehead atoms. The first-order valence-corrected chi connectivity index (χ1v) is 5.76. The van der Waals surface area contributed by atoms with Crippen molar-refractivity contribution in [1.82, 2.24) is 0 Å². The molecular weight excluding hydrogens is 228 g/mol. The minimum atomic E-state index is -1.17. The third kappa shape index (κ3) is 2.51. The van der Waals surface area contributed by atoms with E-state index in [2.05, 4.69) is 0 Å². The van der Waals surface area contributed by atoms with Gasteiger partial charge in [0, 0.05) is 5.56 Å². The van der Waals surface area contributed by atoms with E-state index in [-0.39, 0.29) is 5.56 Å². The molecule has 0 fully saturated rings. The largest absolute Gasteiger partial charge is 0.545 e. The molecule has 2 rings (SSSR count). The molecule has 18 heavy (non-hydrogen) atoms. The summed E-state index contributed by atoms with van der Waals surface area (Å²) in [6.07, 6.45) is 0. The van der Waals surface area contributed by atoms with Gasteiger partial charge in [-0.15, -0.1) is 0 Å². The van der Waals surface area contributed by atoms with Crippen molar-refractivity contribution in [2.45, 2.75) is 6.92 Å². The van der Waals surface area contributed by atoms with Crippen LogP contribution in [0.4, 0.5) is 0 Å². The molecule has 0 aliphatic rings. The summed E-state index contributed by atoms with van der Waals surface area (Å²) >= 11 is 0. The lowest BCUT2D eigenvalue weighted by atomic mass is 10.00. The summed E-state index contributed by atoms with van der Waals surface area (Å²) < 4.78 is 5.41. The first-order valence-electron chi connectivity index (χ1n) is 5.76. The molecule has 0 heterocycles. The highest BCUT2D eigenvalue weighted by Crippen LogP contribution is 2.26. The lowest BCUT2D eigenvalue weighted by molar-refractivity contribution is -0.254. The summed E-state index contributed by atoms with van der Waals surface area (Å²) in [5.41, 5.74) is 1.63. The number of benzene rings is 2. The Bertz CT molecular complexity index is 561. The lowest BCUT2D eigenvalue weighted by Gasteiger charge is -2.11. The number of hydrogen-bond acceptors (Lipinski definition) is 3. The molecule has 0 aromatic heterocycles. The quantitative estimate of drug-likeness (QED) is 0.823.